The molecule has 1 aliphatic heterocycles. The van der Waals surface area contributed by atoms with Gasteiger partial charge in [-0.2, -0.15) is 0 Å². The van der Waals surface area contributed by atoms with Gasteiger partial charge in [0.25, 0.3) is 5.91 Å². The molecule has 3 heterocycles. The zero-order valence-corrected chi connectivity index (χ0v) is 15.6. The molecule has 2 aromatic heterocycles. The van der Waals surface area contributed by atoms with Crippen LogP contribution in [0.1, 0.15) is 27.9 Å². The number of aliphatic hydroxyl groups excluding tert-OH is 1. The van der Waals surface area contributed by atoms with Crippen LogP contribution in [0.2, 0.25) is 0 Å². The molecule has 0 saturated heterocycles. The van der Waals surface area contributed by atoms with Gasteiger partial charge < -0.3 is 19.2 Å². The van der Waals surface area contributed by atoms with Crippen LogP contribution in [-0.2, 0) is 11.3 Å². The van der Waals surface area contributed by atoms with Crippen molar-refractivity contribution >= 4 is 11.7 Å². The Morgan fingerprint density at radius 3 is 2.76 bits per heavy atom. The van der Waals surface area contributed by atoms with E-state index in [9.17, 15) is 14.7 Å². The molecule has 1 aliphatic rings. The number of aliphatic hydroxyl groups is 1. The van der Waals surface area contributed by atoms with Gasteiger partial charge in [0, 0.05) is 12.7 Å². The van der Waals surface area contributed by atoms with Crippen LogP contribution in [0.3, 0.4) is 0 Å². The molecule has 0 fully saturated rings. The minimum absolute atomic E-state index is 0.0449. The Morgan fingerprint density at radius 2 is 2.07 bits per heavy atom. The quantitative estimate of drug-likeness (QED) is 0.648. The summed E-state index contributed by atoms with van der Waals surface area (Å²) >= 11 is 0. The first kappa shape index (κ1) is 18.5. The highest BCUT2D eigenvalue weighted by Crippen LogP contribution is 2.39. The maximum atomic E-state index is 13.0. The van der Waals surface area contributed by atoms with Crippen LogP contribution in [0.25, 0.3) is 0 Å². The number of amides is 1. The number of nitrogens with zero attached hydrogens (tertiary/aromatic N) is 2. The van der Waals surface area contributed by atoms with E-state index in [2.05, 4.69) is 4.98 Å². The Labute approximate surface area is 166 Å². The van der Waals surface area contributed by atoms with Crippen molar-refractivity contribution in [2.75, 3.05) is 7.11 Å². The number of benzene rings is 1. The van der Waals surface area contributed by atoms with E-state index in [-0.39, 0.29) is 17.9 Å². The Kier molecular flexibility index (Phi) is 4.87. The Balaban J connectivity index is 1.77. The van der Waals surface area contributed by atoms with Gasteiger partial charge in [-0.15, -0.1) is 0 Å². The third-order valence-electron chi connectivity index (χ3n) is 4.75. The van der Waals surface area contributed by atoms with Gasteiger partial charge in [0.1, 0.15) is 11.8 Å². The summed E-state index contributed by atoms with van der Waals surface area (Å²) in [7, 11) is 1.56. The molecule has 1 amide bonds. The van der Waals surface area contributed by atoms with E-state index >= 15 is 0 Å². The lowest BCUT2D eigenvalue weighted by Crippen LogP contribution is -2.31. The van der Waals surface area contributed by atoms with E-state index in [1.807, 2.05) is 12.1 Å². The van der Waals surface area contributed by atoms with Crippen LogP contribution in [0.15, 0.2) is 82.8 Å². The number of rotatable bonds is 6. The van der Waals surface area contributed by atoms with Crippen molar-refractivity contribution < 1.29 is 23.8 Å². The molecule has 0 bridgehead atoms. The highest BCUT2D eigenvalue weighted by Gasteiger charge is 2.45. The van der Waals surface area contributed by atoms with Gasteiger partial charge in [0.15, 0.2) is 11.5 Å². The van der Waals surface area contributed by atoms with Crippen molar-refractivity contribution in [3.05, 3.63) is 95.4 Å². The van der Waals surface area contributed by atoms with Crippen LogP contribution in [0.4, 0.5) is 0 Å². The first-order valence-corrected chi connectivity index (χ1v) is 8.96. The van der Waals surface area contributed by atoms with Crippen LogP contribution >= 0.6 is 0 Å². The molecule has 7 heteroatoms. The summed E-state index contributed by atoms with van der Waals surface area (Å²) < 4.78 is 10.4. The van der Waals surface area contributed by atoms with Gasteiger partial charge in [-0.1, -0.05) is 18.2 Å². The maximum Gasteiger partial charge on any atom is 0.290 e. The molecule has 0 saturated carbocycles. The highest BCUT2D eigenvalue weighted by molar-refractivity contribution is 6.14. The summed E-state index contributed by atoms with van der Waals surface area (Å²) in [5.74, 6) is -1.09. The normalized spacial score (nSPS) is 16.4. The molecule has 0 spiro atoms. The monoisotopic (exact) mass is 390 g/mol. The Morgan fingerprint density at radius 1 is 1.21 bits per heavy atom. The molecule has 146 valence electrons. The number of aromatic nitrogens is 1. The van der Waals surface area contributed by atoms with E-state index < -0.39 is 23.5 Å². The van der Waals surface area contributed by atoms with E-state index in [1.54, 1.807) is 49.7 Å². The lowest BCUT2D eigenvalue weighted by molar-refractivity contribution is -0.130. The van der Waals surface area contributed by atoms with E-state index in [0.717, 1.165) is 5.56 Å². The summed E-state index contributed by atoms with van der Waals surface area (Å²) in [4.78, 5) is 31.7. The zero-order valence-electron chi connectivity index (χ0n) is 15.6. The SMILES string of the molecule is COc1cccc(CN2C(=O)C(O)=C(C(=O)c3ccco3)C2c2ccccn2)c1. The van der Waals surface area contributed by atoms with Crippen LogP contribution in [0.5, 0.6) is 5.75 Å². The predicted octanol–water partition coefficient (Wildman–Crippen LogP) is 3.46. The van der Waals surface area contributed by atoms with Crippen LogP contribution < -0.4 is 4.74 Å². The number of carbonyl (C=O) groups is 2. The molecule has 4 rings (SSSR count). The fraction of sp³-hybridized carbons (Fsp3) is 0.136. The highest BCUT2D eigenvalue weighted by atomic mass is 16.5. The third kappa shape index (κ3) is 3.38. The van der Waals surface area contributed by atoms with E-state index in [0.29, 0.717) is 11.4 Å². The molecule has 1 unspecified atom stereocenters. The fourth-order valence-electron chi connectivity index (χ4n) is 3.40. The lowest BCUT2D eigenvalue weighted by atomic mass is 9.98. The molecule has 0 radical (unpaired) electrons. The minimum Gasteiger partial charge on any atom is -0.503 e. The van der Waals surface area contributed by atoms with Crippen molar-refractivity contribution in [3.8, 4) is 5.75 Å². The summed E-state index contributed by atoms with van der Waals surface area (Å²) in [5.41, 5.74) is 1.22. The molecule has 1 N–H and O–H groups in total. The lowest BCUT2D eigenvalue weighted by Gasteiger charge is -2.26. The number of ether oxygens (including phenoxy) is 1. The van der Waals surface area contributed by atoms with Crippen molar-refractivity contribution in [1.29, 1.82) is 0 Å². The minimum atomic E-state index is -0.840. The zero-order chi connectivity index (χ0) is 20.4. The number of ketones is 1. The second-order valence-electron chi connectivity index (χ2n) is 6.51. The van der Waals surface area contributed by atoms with Crippen LogP contribution in [0, 0.1) is 0 Å². The molecular formula is C22H18N2O5. The van der Waals surface area contributed by atoms with Gasteiger partial charge in [0.2, 0.25) is 5.78 Å². The van der Waals surface area contributed by atoms with Gasteiger partial charge >= 0.3 is 0 Å². The molecule has 1 aromatic carbocycles. The average molecular weight is 390 g/mol. The van der Waals surface area contributed by atoms with Gasteiger partial charge in [0.05, 0.1) is 24.6 Å². The maximum absolute atomic E-state index is 13.0. The molecule has 29 heavy (non-hydrogen) atoms. The topological polar surface area (TPSA) is 92.9 Å². The molecule has 0 aliphatic carbocycles. The standard InChI is InChI=1S/C22H18N2O5/c1-28-15-7-4-6-14(12-15)13-24-19(16-8-2-3-10-23-16)18(21(26)22(24)27)20(25)17-9-5-11-29-17/h2-12,19,26H,13H2,1H3. The van der Waals surface area contributed by atoms with E-state index in [4.69, 9.17) is 9.15 Å². The summed E-state index contributed by atoms with van der Waals surface area (Å²) in [6.07, 6.45) is 2.94. The number of furan rings is 1. The van der Waals surface area contributed by atoms with E-state index in [1.165, 1.54) is 17.2 Å². The van der Waals surface area contributed by atoms with Crippen molar-refractivity contribution in [2.45, 2.75) is 12.6 Å². The predicted molar refractivity (Wildman–Crippen MR) is 103 cm³/mol. The first-order chi connectivity index (χ1) is 14.1. The molecular weight excluding hydrogens is 372 g/mol. The number of methoxy groups -OCH3 is 1. The molecule has 1 atom stereocenters. The number of hydrogen-bond donors (Lipinski definition) is 1. The number of pyridine rings is 1. The average Bonchev–Trinajstić information content (AvgIpc) is 3.37. The van der Waals surface area contributed by atoms with Crippen molar-refractivity contribution in [3.63, 3.8) is 0 Å². The fourth-order valence-corrected chi connectivity index (χ4v) is 3.40. The summed E-state index contributed by atoms with van der Waals surface area (Å²) in [5, 5.41) is 10.6. The van der Waals surface area contributed by atoms with Gasteiger partial charge in [-0.05, 0) is 42.0 Å². The largest absolute Gasteiger partial charge is 0.503 e. The number of carbonyl (C=O) groups excluding carboxylic acids is 2. The molecule has 3 aromatic rings. The van der Waals surface area contributed by atoms with Crippen molar-refractivity contribution in [1.82, 2.24) is 9.88 Å². The first-order valence-electron chi connectivity index (χ1n) is 8.96. The third-order valence-corrected chi connectivity index (χ3v) is 4.75. The Bertz CT molecular complexity index is 1070. The van der Waals surface area contributed by atoms with Gasteiger partial charge in [-0.3, -0.25) is 14.6 Å². The van der Waals surface area contributed by atoms with Crippen LogP contribution in [-0.4, -0.2) is 33.8 Å². The second-order valence-corrected chi connectivity index (χ2v) is 6.51. The summed E-state index contributed by atoms with van der Waals surface area (Å²) in [6, 6.07) is 14.7. The Hall–Kier alpha value is -3.87. The smallest absolute Gasteiger partial charge is 0.290 e. The number of Topliss-reactive ketones (excluding diaryl/α,β-unsaturated/α-hetero) is 1. The number of hydrogen-bond acceptors (Lipinski definition) is 6. The second kappa shape index (κ2) is 7.63. The summed E-state index contributed by atoms with van der Waals surface area (Å²) in [6.45, 7) is 0.163. The van der Waals surface area contributed by atoms with Gasteiger partial charge in [-0.25, -0.2) is 0 Å². The molecule has 7 nitrogen and oxygen atoms in total. The van der Waals surface area contributed by atoms with Crippen molar-refractivity contribution in [2.24, 2.45) is 0 Å².